The molecular formula is C26H30FN3O3. The Labute approximate surface area is 194 Å². The van der Waals surface area contributed by atoms with Gasteiger partial charge in [0.1, 0.15) is 5.82 Å². The van der Waals surface area contributed by atoms with Crippen molar-refractivity contribution in [3.63, 3.8) is 0 Å². The second kappa shape index (κ2) is 8.97. The van der Waals surface area contributed by atoms with Crippen molar-refractivity contribution in [1.82, 2.24) is 9.91 Å². The molecule has 1 spiro atoms. The molecule has 0 N–H and O–H groups in total. The Kier molecular flexibility index (Phi) is 6.03. The van der Waals surface area contributed by atoms with E-state index in [1.807, 2.05) is 13.0 Å². The summed E-state index contributed by atoms with van der Waals surface area (Å²) in [5.41, 5.74) is 4.93. The molecule has 5 rings (SSSR count). The van der Waals surface area contributed by atoms with E-state index in [0.717, 1.165) is 53.9 Å². The topological polar surface area (TPSA) is 54.4 Å². The number of hydrazone groups is 1. The molecule has 3 aliphatic heterocycles. The second-order valence-corrected chi connectivity index (χ2v) is 9.26. The van der Waals surface area contributed by atoms with Crippen LogP contribution in [0.5, 0.6) is 0 Å². The van der Waals surface area contributed by atoms with E-state index in [0.29, 0.717) is 19.6 Å². The Morgan fingerprint density at radius 3 is 2.61 bits per heavy atom. The van der Waals surface area contributed by atoms with Gasteiger partial charge < -0.3 is 9.47 Å². The summed E-state index contributed by atoms with van der Waals surface area (Å²) in [5, 5.41) is 6.35. The molecule has 2 aromatic carbocycles. The van der Waals surface area contributed by atoms with Crippen LogP contribution in [0.3, 0.4) is 0 Å². The van der Waals surface area contributed by atoms with Gasteiger partial charge in [0.05, 0.1) is 31.5 Å². The van der Waals surface area contributed by atoms with Gasteiger partial charge in [-0.05, 0) is 43.2 Å². The van der Waals surface area contributed by atoms with Crippen LogP contribution in [0.25, 0.3) is 0 Å². The zero-order valence-corrected chi connectivity index (χ0v) is 19.2. The maximum atomic E-state index is 14.0. The highest BCUT2D eigenvalue weighted by molar-refractivity contribution is 6.04. The number of hydrogen-bond donors (Lipinski definition) is 0. The highest BCUT2D eigenvalue weighted by Crippen LogP contribution is 2.35. The first-order chi connectivity index (χ1) is 15.9. The van der Waals surface area contributed by atoms with Crippen molar-refractivity contribution in [2.24, 2.45) is 5.10 Å². The minimum absolute atomic E-state index is 0.0752. The number of benzene rings is 2. The molecule has 1 atom stereocenters. The molecule has 3 aliphatic rings. The molecule has 3 heterocycles. The molecule has 0 radical (unpaired) electrons. The van der Waals surface area contributed by atoms with Crippen LogP contribution < -0.4 is 0 Å². The lowest BCUT2D eigenvalue weighted by Crippen LogP contribution is -2.48. The zero-order chi connectivity index (χ0) is 23.0. The number of hydrogen-bond acceptors (Lipinski definition) is 5. The molecule has 7 heteroatoms. The van der Waals surface area contributed by atoms with Crippen molar-refractivity contribution in [3.8, 4) is 0 Å². The molecule has 6 nitrogen and oxygen atoms in total. The van der Waals surface area contributed by atoms with Crippen LogP contribution in [-0.2, 0) is 14.3 Å². The monoisotopic (exact) mass is 451 g/mol. The third-order valence-electron chi connectivity index (χ3n) is 6.89. The number of halogens is 1. The molecule has 2 fully saturated rings. The summed E-state index contributed by atoms with van der Waals surface area (Å²) in [4.78, 5) is 15.6. The van der Waals surface area contributed by atoms with Gasteiger partial charge in [0.2, 0.25) is 0 Å². The smallest absolute Gasteiger partial charge is 0.257 e. The number of rotatable bonds is 4. The van der Waals surface area contributed by atoms with Gasteiger partial charge in [-0.1, -0.05) is 29.8 Å². The van der Waals surface area contributed by atoms with Crippen LogP contribution in [-0.4, -0.2) is 60.2 Å². The van der Waals surface area contributed by atoms with E-state index in [4.69, 9.17) is 14.6 Å². The summed E-state index contributed by atoms with van der Waals surface area (Å²) in [6.07, 6.45) is 2.07. The van der Waals surface area contributed by atoms with Gasteiger partial charge in [-0.15, -0.1) is 0 Å². The maximum absolute atomic E-state index is 14.0. The number of aryl methyl sites for hydroxylation is 2. The molecule has 0 saturated carbocycles. The summed E-state index contributed by atoms with van der Waals surface area (Å²) in [6, 6.07) is 12.4. The van der Waals surface area contributed by atoms with E-state index in [9.17, 15) is 9.18 Å². The fourth-order valence-electron chi connectivity index (χ4n) is 5.02. The van der Waals surface area contributed by atoms with Crippen LogP contribution in [0.15, 0.2) is 47.6 Å². The van der Waals surface area contributed by atoms with Crippen molar-refractivity contribution in [1.29, 1.82) is 0 Å². The molecule has 0 aliphatic carbocycles. The summed E-state index contributed by atoms with van der Waals surface area (Å²) in [7, 11) is 0. The first kappa shape index (κ1) is 22.2. The van der Waals surface area contributed by atoms with Gasteiger partial charge in [0.25, 0.3) is 5.91 Å². The Bertz CT molecular complexity index is 1070. The lowest BCUT2D eigenvalue weighted by molar-refractivity contribution is -0.186. The molecule has 1 amide bonds. The number of nitrogens with zero attached hydrogens (tertiary/aromatic N) is 3. The van der Waals surface area contributed by atoms with E-state index < -0.39 is 5.79 Å². The summed E-state index contributed by atoms with van der Waals surface area (Å²) < 4.78 is 25.6. The Morgan fingerprint density at radius 2 is 1.88 bits per heavy atom. The Balaban J connectivity index is 1.37. The number of ether oxygens (including phenoxy) is 2. The van der Waals surface area contributed by atoms with Gasteiger partial charge in [-0.25, -0.2) is 9.40 Å². The fraction of sp³-hybridized carbons (Fsp3) is 0.462. The lowest BCUT2D eigenvalue weighted by Gasteiger charge is -2.37. The summed E-state index contributed by atoms with van der Waals surface area (Å²) in [6.45, 7) is 7.11. The van der Waals surface area contributed by atoms with Crippen LogP contribution >= 0.6 is 0 Å². The number of carbonyl (C=O) groups is 1. The zero-order valence-electron chi connectivity index (χ0n) is 19.2. The second-order valence-electron chi connectivity index (χ2n) is 9.26. The molecule has 174 valence electrons. The largest absolute Gasteiger partial charge is 0.347 e. The third kappa shape index (κ3) is 4.58. The van der Waals surface area contributed by atoms with E-state index in [-0.39, 0.29) is 24.3 Å². The van der Waals surface area contributed by atoms with Crippen molar-refractivity contribution in [2.45, 2.75) is 44.9 Å². The third-order valence-corrected chi connectivity index (χ3v) is 6.89. The fourth-order valence-corrected chi connectivity index (χ4v) is 5.02. The molecule has 0 unspecified atom stereocenters. The minimum Gasteiger partial charge on any atom is -0.347 e. The Hall–Kier alpha value is -2.61. The van der Waals surface area contributed by atoms with Crippen molar-refractivity contribution in [3.05, 3.63) is 70.5 Å². The maximum Gasteiger partial charge on any atom is 0.257 e. The summed E-state index contributed by atoms with van der Waals surface area (Å²) >= 11 is 0. The lowest BCUT2D eigenvalue weighted by atomic mass is 9.95. The van der Waals surface area contributed by atoms with Crippen LogP contribution in [0.1, 0.15) is 47.6 Å². The van der Waals surface area contributed by atoms with Crippen molar-refractivity contribution >= 4 is 11.6 Å². The van der Waals surface area contributed by atoms with Crippen molar-refractivity contribution in [2.75, 3.05) is 32.8 Å². The van der Waals surface area contributed by atoms with Crippen LogP contribution in [0, 0.1) is 19.7 Å². The van der Waals surface area contributed by atoms with E-state index in [2.05, 4.69) is 30.0 Å². The van der Waals surface area contributed by atoms with Gasteiger partial charge in [-0.2, -0.15) is 5.10 Å². The van der Waals surface area contributed by atoms with E-state index >= 15 is 0 Å². The quantitative estimate of drug-likeness (QED) is 0.706. The predicted octanol–water partition coefficient (Wildman–Crippen LogP) is 3.96. The van der Waals surface area contributed by atoms with Gasteiger partial charge in [-0.3, -0.25) is 9.69 Å². The van der Waals surface area contributed by atoms with Gasteiger partial charge in [0, 0.05) is 37.9 Å². The highest BCUT2D eigenvalue weighted by Gasteiger charge is 2.41. The molecule has 0 aromatic heterocycles. The van der Waals surface area contributed by atoms with Gasteiger partial charge >= 0.3 is 0 Å². The van der Waals surface area contributed by atoms with E-state index in [1.54, 1.807) is 11.1 Å². The highest BCUT2D eigenvalue weighted by atomic mass is 19.1. The Morgan fingerprint density at radius 1 is 1.12 bits per heavy atom. The van der Waals surface area contributed by atoms with Crippen LogP contribution in [0.4, 0.5) is 4.39 Å². The van der Waals surface area contributed by atoms with E-state index in [1.165, 1.54) is 12.1 Å². The molecular weight excluding hydrogens is 421 g/mol. The molecule has 2 aromatic rings. The standard InChI is InChI=1S/C26H30FN3O3/c1-18-6-7-19(2)22(14-18)23-16-24(20-4-3-5-21(27)15-20)30(28-23)25(31)17-29-10-8-26(9-11-29)32-12-13-33-26/h3-7,14-15,24H,8-13,16-17H2,1-2H3/t24-/m1/s1. The van der Waals surface area contributed by atoms with Crippen LogP contribution in [0.2, 0.25) is 0 Å². The first-order valence-electron chi connectivity index (χ1n) is 11.7. The molecule has 2 saturated heterocycles. The SMILES string of the molecule is Cc1ccc(C)c(C2=NN(C(=O)CN3CCC4(CC3)OCCO4)[C@@H](c3cccc(F)c3)C2)c1. The number of amides is 1. The predicted molar refractivity (Wildman–Crippen MR) is 123 cm³/mol. The number of likely N-dealkylation sites (tertiary alicyclic amines) is 1. The summed E-state index contributed by atoms with van der Waals surface area (Å²) in [5.74, 6) is -0.850. The van der Waals surface area contributed by atoms with Crippen molar-refractivity contribution < 1.29 is 18.7 Å². The minimum atomic E-state index is -0.467. The van der Waals surface area contributed by atoms with Gasteiger partial charge in [0.15, 0.2) is 5.79 Å². The average Bonchev–Trinajstić information content (AvgIpc) is 3.45. The average molecular weight is 452 g/mol. The molecule has 33 heavy (non-hydrogen) atoms. The number of piperidine rings is 1. The molecule has 0 bridgehead atoms. The normalized spacial score (nSPS) is 22.7. The number of carbonyl (C=O) groups excluding carboxylic acids is 1. The first-order valence-corrected chi connectivity index (χ1v) is 11.7.